The van der Waals surface area contributed by atoms with Crippen LogP contribution in [0.25, 0.3) is 0 Å². The molecule has 0 radical (unpaired) electrons. The Balaban J connectivity index is 1.71. The number of carbonyl (C=O) groups excluding carboxylic acids is 2. The Labute approximate surface area is 205 Å². The van der Waals surface area contributed by atoms with E-state index in [0.717, 1.165) is 22.9 Å². The predicted molar refractivity (Wildman–Crippen MR) is 133 cm³/mol. The summed E-state index contributed by atoms with van der Waals surface area (Å²) in [6.45, 7) is 1.93. The number of benzene rings is 3. The zero-order valence-electron chi connectivity index (χ0n) is 18.1. The molecule has 8 heteroatoms. The summed E-state index contributed by atoms with van der Waals surface area (Å²) in [5.41, 5.74) is 2.66. The molecule has 1 atom stereocenters. The van der Waals surface area contributed by atoms with E-state index in [1.807, 2.05) is 25.1 Å². The van der Waals surface area contributed by atoms with Crippen LogP contribution in [0.4, 0.5) is 15.8 Å². The lowest BCUT2D eigenvalue weighted by Gasteiger charge is -2.19. The number of halogens is 2. The SMILES string of the molecule is Cc1ccc(N2C(=O)C(Cc3ccc(F)cc3)SC2=C(C#N)C(=O)Nc2ccc(Cl)cc2)cc1. The third-order valence-corrected chi connectivity index (χ3v) is 6.75. The molecule has 1 heterocycles. The molecule has 170 valence electrons. The molecule has 1 aliphatic heterocycles. The number of carbonyl (C=O) groups is 2. The van der Waals surface area contributed by atoms with E-state index >= 15 is 0 Å². The molecule has 0 aliphatic carbocycles. The molecule has 2 amide bonds. The van der Waals surface area contributed by atoms with Gasteiger partial charge in [-0.2, -0.15) is 5.26 Å². The zero-order chi connectivity index (χ0) is 24.2. The minimum absolute atomic E-state index is 0.171. The molecule has 3 aromatic rings. The van der Waals surface area contributed by atoms with Crippen molar-refractivity contribution in [1.82, 2.24) is 0 Å². The molecule has 3 aromatic carbocycles. The minimum atomic E-state index is -0.625. The van der Waals surface area contributed by atoms with Gasteiger partial charge in [-0.05, 0) is 67.4 Å². The molecule has 0 bridgehead atoms. The standard InChI is InChI=1S/C26H19ClFN3O2S/c1-16-2-12-21(13-3-16)31-25(33)23(14-17-4-8-19(28)9-5-17)34-26(31)22(15-29)24(32)30-20-10-6-18(27)7-11-20/h2-13,23H,14H2,1H3,(H,30,32). The van der Waals surface area contributed by atoms with E-state index in [4.69, 9.17) is 11.6 Å². The van der Waals surface area contributed by atoms with Crippen molar-refractivity contribution in [3.63, 3.8) is 0 Å². The van der Waals surface area contributed by atoms with Gasteiger partial charge in [-0.3, -0.25) is 14.5 Å². The first-order valence-electron chi connectivity index (χ1n) is 10.4. The molecule has 0 spiro atoms. The maximum atomic E-state index is 13.5. The van der Waals surface area contributed by atoms with Crippen LogP contribution in [0.5, 0.6) is 0 Å². The van der Waals surface area contributed by atoms with Crippen LogP contribution in [-0.4, -0.2) is 17.1 Å². The lowest BCUT2D eigenvalue weighted by molar-refractivity contribution is -0.117. The third-order valence-electron chi connectivity index (χ3n) is 5.23. The molecule has 1 N–H and O–H groups in total. The molecule has 34 heavy (non-hydrogen) atoms. The van der Waals surface area contributed by atoms with E-state index in [1.165, 1.54) is 17.0 Å². The Morgan fingerprint density at radius 1 is 1.09 bits per heavy atom. The van der Waals surface area contributed by atoms with Gasteiger partial charge in [0.15, 0.2) is 0 Å². The van der Waals surface area contributed by atoms with Gasteiger partial charge >= 0.3 is 0 Å². The average molecular weight is 492 g/mol. The van der Waals surface area contributed by atoms with Crippen LogP contribution in [0, 0.1) is 24.1 Å². The summed E-state index contributed by atoms with van der Waals surface area (Å²) >= 11 is 7.06. The minimum Gasteiger partial charge on any atom is -0.321 e. The first-order valence-corrected chi connectivity index (χ1v) is 11.6. The highest BCUT2D eigenvalue weighted by Gasteiger charge is 2.40. The fraction of sp³-hybridized carbons (Fsp3) is 0.115. The largest absolute Gasteiger partial charge is 0.321 e. The van der Waals surface area contributed by atoms with Gasteiger partial charge in [-0.25, -0.2) is 4.39 Å². The Morgan fingerprint density at radius 3 is 2.35 bits per heavy atom. The van der Waals surface area contributed by atoms with Crippen LogP contribution in [0.1, 0.15) is 11.1 Å². The van der Waals surface area contributed by atoms with Gasteiger partial charge in [0.2, 0.25) is 5.91 Å². The number of hydrogen-bond acceptors (Lipinski definition) is 4. The molecular weight excluding hydrogens is 473 g/mol. The molecule has 0 saturated carbocycles. The van der Waals surface area contributed by atoms with E-state index in [-0.39, 0.29) is 22.3 Å². The summed E-state index contributed by atoms with van der Waals surface area (Å²) < 4.78 is 13.3. The average Bonchev–Trinajstić information content (AvgIpc) is 3.13. The molecular formula is C26H19ClFN3O2S. The summed E-state index contributed by atoms with van der Waals surface area (Å²) in [6, 6.07) is 21.7. The monoisotopic (exact) mass is 491 g/mol. The Morgan fingerprint density at radius 2 is 1.74 bits per heavy atom. The van der Waals surface area contributed by atoms with Crippen LogP contribution in [0.15, 0.2) is 83.4 Å². The fourth-order valence-corrected chi connectivity index (χ4v) is 4.91. The van der Waals surface area contributed by atoms with E-state index in [2.05, 4.69) is 5.32 Å². The van der Waals surface area contributed by atoms with Crippen molar-refractivity contribution in [2.45, 2.75) is 18.6 Å². The van der Waals surface area contributed by atoms with Gasteiger partial charge in [0.05, 0.1) is 5.25 Å². The number of nitrogens with zero attached hydrogens (tertiary/aromatic N) is 2. The van der Waals surface area contributed by atoms with E-state index in [9.17, 15) is 19.2 Å². The van der Waals surface area contributed by atoms with Gasteiger partial charge in [0.25, 0.3) is 5.91 Å². The molecule has 1 fully saturated rings. The number of nitrogens with one attached hydrogen (secondary N) is 1. The van der Waals surface area contributed by atoms with Gasteiger partial charge in [-0.15, -0.1) is 0 Å². The van der Waals surface area contributed by atoms with E-state index in [0.29, 0.717) is 22.8 Å². The van der Waals surface area contributed by atoms with Crippen molar-refractivity contribution in [1.29, 1.82) is 5.26 Å². The fourth-order valence-electron chi connectivity index (χ4n) is 3.48. The number of hydrogen-bond donors (Lipinski definition) is 1. The third kappa shape index (κ3) is 5.14. The summed E-state index contributed by atoms with van der Waals surface area (Å²) in [5.74, 6) is -1.23. The van der Waals surface area contributed by atoms with Gasteiger partial charge in [-0.1, -0.05) is 53.2 Å². The van der Waals surface area contributed by atoms with Crippen LogP contribution in [0.3, 0.4) is 0 Å². The summed E-state index contributed by atoms with van der Waals surface area (Å²) in [4.78, 5) is 27.9. The van der Waals surface area contributed by atoms with Crippen LogP contribution >= 0.6 is 23.4 Å². The summed E-state index contributed by atoms with van der Waals surface area (Å²) in [6.07, 6.45) is 0.327. The molecule has 5 nitrogen and oxygen atoms in total. The van der Waals surface area contributed by atoms with Crippen molar-refractivity contribution < 1.29 is 14.0 Å². The predicted octanol–water partition coefficient (Wildman–Crippen LogP) is 5.85. The number of aryl methyl sites for hydroxylation is 1. The van der Waals surface area contributed by atoms with Gasteiger partial charge in [0.1, 0.15) is 22.5 Å². The number of nitriles is 1. The van der Waals surface area contributed by atoms with Crippen molar-refractivity contribution in [3.8, 4) is 6.07 Å². The van der Waals surface area contributed by atoms with Crippen molar-refractivity contribution in [2.24, 2.45) is 0 Å². The molecule has 1 saturated heterocycles. The molecule has 0 aromatic heterocycles. The Hall–Kier alpha value is -3.60. The highest BCUT2D eigenvalue weighted by Crippen LogP contribution is 2.42. The van der Waals surface area contributed by atoms with Crippen molar-refractivity contribution >= 4 is 46.6 Å². The first kappa shape index (κ1) is 23.6. The highest BCUT2D eigenvalue weighted by molar-refractivity contribution is 8.05. The van der Waals surface area contributed by atoms with E-state index < -0.39 is 11.2 Å². The second-order valence-corrected chi connectivity index (χ2v) is 9.33. The van der Waals surface area contributed by atoms with Crippen LogP contribution in [-0.2, 0) is 16.0 Å². The number of thioether (sulfide) groups is 1. The lowest BCUT2D eigenvalue weighted by atomic mass is 10.1. The Bertz CT molecular complexity index is 1300. The molecule has 4 rings (SSSR count). The van der Waals surface area contributed by atoms with Crippen LogP contribution in [0.2, 0.25) is 5.02 Å². The number of anilines is 2. The van der Waals surface area contributed by atoms with Gasteiger partial charge < -0.3 is 5.32 Å². The molecule has 1 aliphatic rings. The lowest BCUT2D eigenvalue weighted by Crippen LogP contribution is -2.30. The second kappa shape index (κ2) is 10.1. The smallest absolute Gasteiger partial charge is 0.269 e. The maximum absolute atomic E-state index is 13.5. The zero-order valence-corrected chi connectivity index (χ0v) is 19.7. The normalized spacial score (nSPS) is 16.8. The highest BCUT2D eigenvalue weighted by atomic mass is 35.5. The second-order valence-electron chi connectivity index (χ2n) is 7.70. The number of amides is 2. The summed E-state index contributed by atoms with van der Waals surface area (Å²) in [7, 11) is 0. The quantitative estimate of drug-likeness (QED) is 0.359. The van der Waals surface area contributed by atoms with Crippen molar-refractivity contribution in [3.05, 3.63) is 105 Å². The Kier molecular flexibility index (Phi) is 7.01. The first-order chi connectivity index (χ1) is 16.4. The summed E-state index contributed by atoms with van der Waals surface area (Å²) in [5, 5.41) is 12.8. The topological polar surface area (TPSA) is 73.2 Å². The number of rotatable bonds is 5. The molecule has 1 unspecified atom stereocenters. The van der Waals surface area contributed by atoms with E-state index in [1.54, 1.807) is 48.5 Å². The van der Waals surface area contributed by atoms with Crippen LogP contribution < -0.4 is 10.2 Å². The van der Waals surface area contributed by atoms with Crippen molar-refractivity contribution in [2.75, 3.05) is 10.2 Å². The maximum Gasteiger partial charge on any atom is 0.269 e. The van der Waals surface area contributed by atoms with Gasteiger partial charge in [0, 0.05) is 16.4 Å².